The van der Waals surface area contributed by atoms with Gasteiger partial charge in [-0.1, -0.05) is 30.3 Å². The van der Waals surface area contributed by atoms with E-state index in [-0.39, 0.29) is 5.78 Å². The number of benzene rings is 2. The van der Waals surface area contributed by atoms with Gasteiger partial charge in [0, 0.05) is 12.6 Å². The Morgan fingerprint density at radius 1 is 1.16 bits per heavy atom. The average molecular weight is 255 g/mol. The standard InChI is InChI=1S/C16H17NO2/c1-12(18)14-8-9-16(15(10-14)17-2)19-11-13-6-4-3-5-7-13/h3-10,17H,11H2,1-2H3. The predicted octanol–water partition coefficient (Wildman–Crippen LogP) is 3.51. The van der Waals surface area contributed by atoms with E-state index in [1.807, 2.05) is 49.5 Å². The first-order valence-electron chi connectivity index (χ1n) is 6.20. The Kier molecular flexibility index (Phi) is 4.18. The summed E-state index contributed by atoms with van der Waals surface area (Å²) in [6.07, 6.45) is 0. The Bertz CT molecular complexity index is 564. The first kappa shape index (κ1) is 13.1. The van der Waals surface area contributed by atoms with Gasteiger partial charge in [-0.05, 0) is 30.7 Å². The first-order chi connectivity index (χ1) is 9.20. The topological polar surface area (TPSA) is 38.3 Å². The fraction of sp³-hybridized carbons (Fsp3) is 0.188. The largest absolute Gasteiger partial charge is 0.487 e. The molecule has 19 heavy (non-hydrogen) atoms. The molecule has 0 spiro atoms. The molecule has 0 aromatic heterocycles. The van der Waals surface area contributed by atoms with Gasteiger partial charge in [-0.15, -0.1) is 0 Å². The Hall–Kier alpha value is -2.29. The molecule has 98 valence electrons. The summed E-state index contributed by atoms with van der Waals surface area (Å²) in [7, 11) is 1.81. The summed E-state index contributed by atoms with van der Waals surface area (Å²) >= 11 is 0. The summed E-state index contributed by atoms with van der Waals surface area (Å²) in [5.74, 6) is 0.794. The van der Waals surface area contributed by atoms with Gasteiger partial charge >= 0.3 is 0 Å². The van der Waals surface area contributed by atoms with Crippen LogP contribution in [0.5, 0.6) is 5.75 Å². The van der Waals surface area contributed by atoms with Crippen LogP contribution in [0.1, 0.15) is 22.8 Å². The maximum atomic E-state index is 11.3. The van der Waals surface area contributed by atoms with Crippen molar-refractivity contribution in [2.75, 3.05) is 12.4 Å². The lowest BCUT2D eigenvalue weighted by molar-refractivity contribution is 0.101. The molecule has 3 heteroatoms. The van der Waals surface area contributed by atoms with Gasteiger partial charge in [0.1, 0.15) is 12.4 Å². The smallest absolute Gasteiger partial charge is 0.159 e. The van der Waals surface area contributed by atoms with E-state index in [0.717, 1.165) is 17.0 Å². The van der Waals surface area contributed by atoms with Crippen molar-refractivity contribution >= 4 is 11.5 Å². The number of hydrogen-bond donors (Lipinski definition) is 1. The fourth-order valence-electron chi connectivity index (χ4n) is 1.81. The third-order valence-electron chi connectivity index (χ3n) is 2.89. The van der Waals surface area contributed by atoms with Crippen LogP contribution in [0.15, 0.2) is 48.5 Å². The molecular weight excluding hydrogens is 238 g/mol. The van der Waals surface area contributed by atoms with Crippen LogP contribution in [0, 0.1) is 0 Å². The van der Waals surface area contributed by atoms with E-state index in [2.05, 4.69) is 5.32 Å². The second-order valence-electron chi connectivity index (χ2n) is 4.29. The SMILES string of the molecule is CNc1cc(C(C)=O)ccc1OCc1ccccc1. The molecule has 1 N–H and O–H groups in total. The van der Waals surface area contributed by atoms with E-state index >= 15 is 0 Å². The van der Waals surface area contributed by atoms with Crippen LogP contribution in [0.2, 0.25) is 0 Å². The molecule has 2 rings (SSSR count). The normalized spacial score (nSPS) is 10.0. The number of ketones is 1. The number of nitrogens with one attached hydrogen (secondary N) is 1. The summed E-state index contributed by atoms with van der Waals surface area (Å²) in [5.41, 5.74) is 2.61. The maximum absolute atomic E-state index is 11.3. The molecule has 0 unspecified atom stereocenters. The molecule has 0 heterocycles. The number of hydrogen-bond acceptors (Lipinski definition) is 3. The van der Waals surface area contributed by atoms with Crippen LogP contribution in [-0.2, 0) is 6.61 Å². The Balaban J connectivity index is 2.14. The van der Waals surface area contributed by atoms with Gasteiger partial charge in [0.15, 0.2) is 5.78 Å². The molecule has 0 bridgehead atoms. The molecule has 0 amide bonds. The molecule has 0 aliphatic heterocycles. The van der Waals surface area contributed by atoms with E-state index in [9.17, 15) is 4.79 Å². The van der Waals surface area contributed by atoms with Crippen molar-refractivity contribution in [2.45, 2.75) is 13.5 Å². The molecule has 0 saturated carbocycles. The lowest BCUT2D eigenvalue weighted by atomic mass is 10.1. The highest BCUT2D eigenvalue weighted by atomic mass is 16.5. The molecule has 3 nitrogen and oxygen atoms in total. The van der Waals surface area contributed by atoms with Gasteiger partial charge < -0.3 is 10.1 Å². The van der Waals surface area contributed by atoms with E-state index in [0.29, 0.717) is 12.2 Å². The Morgan fingerprint density at radius 2 is 1.89 bits per heavy atom. The minimum absolute atomic E-state index is 0.0473. The van der Waals surface area contributed by atoms with Crippen molar-refractivity contribution < 1.29 is 9.53 Å². The second kappa shape index (κ2) is 6.05. The molecule has 0 aliphatic carbocycles. The van der Waals surface area contributed by atoms with Crippen LogP contribution >= 0.6 is 0 Å². The summed E-state index contributed by atoms with van der Waals surface area (Å²) < 4.78 is 5.78. The molecule has 0 aliphatic rings. The number of anilines is 1. The number of ether oxygens (including phenoxy) is 1. The summed E-state index contributed by atoms with van der Waals surface area (Å²) in [5, 5.41) is 3.05. The third-order valence-corrected chi connectivity index (χ3v) is 2.89. The van der Waals surface area contributed by atoms with Gasteiger partial charge in [0.2, 0.25) is 0 Å². The zero-order valence-corrected chi connectivity index (χ0v) is 11.1. The number of carbonyl (C=O) groups is 1. The highest BCUT2D eigenvalue weighted by molar-refractivity contribution is 5.95. The minimum Gasteiger partial charge on any atom is -0.487 e. The van der Waals surface area contributed by atoms with Gasteiger partial charge in [0.05, 0.1) is 5.69 Å². The molecule has 2 aromatic rings. The zero-order chi connectivity index (χ0) is 13.7. The Morgan fingerprint density at radius 3 is 2.53 bits per heavy atom. The highest BCUT2D eigenvalue weighted by Gasteiger charge is 2.06. The number of Topliss-reactive ketones (excluding diaryl/α,β-unsaturated/α-hetero) is 1. The number of carbonyl (C=O) groups excluding carboxylic acids is 1. The van der Waals surface area contributed by atoms with Crippen LogP contribution in [0.3, 0.4) is 0 Å². The summed E-state index contributed by atoms with van der Waals surface area (Å²) in [4.78, 5) is 11.3. The van der Waals surface area contributed by atoms with Gasteiger partial charge in [-0.2, -0.15) is 0 Å². The van der Waals surface area contributed by atoms with Crippen molar-refractivity contribution in [1.82, 2.24) is 0 Å². The van der Waals surface area contributed by atoms with Crippen molar-refractivity contribution in [1.29, 1.82) is 0 Å². The Labute approximate surface area is 113 Å². The van der Waals surface area contributed by atoms with Gasteiger partial charge in [0.25, 0.3) is 0 Å². The van der Waals surface area contributed by atoms with E-state index in [1.165, 1.54) is 0 Å². The van der Waals surface area contributed by atoms with Crippen molar-refractivity contribution in [3.05, 3.63) is 59.7 Å². The average Bonchev–Trinajstić information content (AvgIpc) is 2.45. The minimum atomic E-state index is 0.0473. The van der Waals surface area contributed by atoms with Gasteiger partial charge in [-0.25, -0.2) is 0 Å². The molecule has 0 atom stereocenters. The molecule has 0 fully saturated rings. The van der Waals surface area contributed by atoms with E-state index in [4.69, 9.17) is 4.74 Å². The lowest BCUT2D eigenvalue weighted by Crippen LogP contribution is -2.01. The fourth-order valence-corrected chi connectivity index (χ4v) is 1.81. The molecular formula is C16H17NO2. The summed E-state index contributed by atoms with van der Waals surface area (Å²) in [6.45, 7) is 2.06. The quantitative estimate of drug-likeness (QED) is 0.831. The van der Waals surface area contributed by atoms with Crippen LogP contribution in [0.4, 0.5) is 5.69 Å². The first-order valence-corrected chi connectivity index (χ1v) is 6.20. The van der Waals surface area contributed by atoms with Crippen LogP contribution in [0.25, 0.3) is 0 Å². The van der Waals surface area contributed by atoms with Gasteiger partial charge in [-0.3, -0.25) is 4.79 Å². The highest BCUT2D eigenvalue weighted by Crippen LogP contribution is 2.26. The van der Waals surface area contributed by atoms with Crippen LogP contribution < -0.4 is 10.1 Å². The van der Waals surface area contributed by atoms with E-state index < -0.39 is 0 Å². The summed E-state index contributed by atoms with van der Waals surface area (Å²) in [6, 6.07) is 15.4. The predicted molar refractivity (Wildman–Crippen MR) is 76.8 cm³/mol. The third kappa shape index (κ3) is 3.35. The van der Waals surface area contributed by atoms with Crippen LogP contribution in [-0.4, -0.2) is 12.8 Å². The van der Waals surface area contributed by atoms with Crippen molar-refractivity contribution in [3.63, 3.8) is 0 Å². The zero-order valence-electron chi connectivity index (χ0n) is 11.1. The van der Waals surface area contributed by atoms with E-state index in [1.54, 1.807) is 13.0 Å². The molecule has 0 radical (unpaired) electrons. The number of rotatable bonds is 5. The second-order valence-corrected chi connectivity index (χ2v) is 4.29. The molecule has 2 aromatic carbocycles. The lowest BCUT2D eigenvalue weighted by Gasteiger charge is -2.12. The maximum Gasteiger partial charge on any atom is 0.159 e. The monoisotopic (exact) mass is 255 g/mol. The van der Waals surface area contributed by atoms with Crippen molar-refractivity contribution in [2.24, 2.45) is 0 Å². The van der Waals surface area contributed by atoms with Crippen molar-refractivity contribution in [3.8, 4) is 5.75 Å². The molecule has 0 saturated heterocycles.